The first-order chi connectivity index (χ1) is 15.0. The first kappa shape index (κ1) is 21.3. The van der Waals surface area contributed by atoms with Crippen LogP contribution in [-0.4, -0.2) is 15.7 Å². The van der Waals surface area contributed by atoms with Gasteiger partial charge in [0.2, 0.25) is 0 Å². The van der Waals surface area contributed by atoms with Crippen molar-refractivity contribution in [1.29, 1.82) is 0 Å². The van der Waals surface area contributed by atoms with Crippen molar-refractivity contribution < 1.29 is 9.53 Å². The number of anilines is 1. The van der Waals surface area contributed by atoms with Crippen LogP contribution in [-0.2, 0) is 13.2 Å². The van der Waals surface area contributed by atoms with E-state index in [0.717, 1.165) is 25.8 Å². The van der Waals surface area contributed by atoms with E-state index in [9.17, 15) is 4.79 Å². The number of carbonyl (C=O) groups excluding carboxylic acids is 1. The summed E-state index contributed by atoms with van der Waals surface area (Å²) >= 11 is 6.84. The summed E-state index contributed by atoms with van der Waals surface area (Å²) in [5.41, 5.74) is 3.26. The van der Waals surface area contributed by atoms with Crippen LogP contribution < -0.4 is 10.1 Å². The lowest BCUT2D eigenvalue weighted by Gasteiger charge is -2.08. The molecule has 0 spiro atoms. The Morgan fingerprint density at radius 1 is 0.935 bits per heavy atom. The number of ether oxygens (including phenoxy) is 1. The van der Waals surface area contributed by atoms with E-state index >= 15 is 0 Å². The highest BCUT2D eigenvalue weighted by Crippen LogP contribution is 2.18. The Bertz CT molecular complexity index is 1170. The molecule has 3 aromatic carbocycles. The minimum absolute atomic E-state index is 0.186. The summed E-state index contributed by atoms with van der Waals surface area (Å²) in [6.45, 7) is 1.01. The third-order valence-corrected chi connectivity index (χ3v) is 5.61. The van der Waals surface area contributed by atoms with Crippen molar-refractivity contribution in [3.8, 4) is 5.75 Å². The Morgan fingerprint density at radius 2 is 1.65 bits per heavy atom. The number of halogens is 2. The smallest absolute Gasteiger partial charge is 0.255 e. The Balaban J connectivity index is 1.36. The molecule has 1 heterocycles. The largest absolute Gasteiger partial charge is 0.489 e. The van der Waals surface area contributed by atoms with Gasteiger partial charge in [-0.2, -0.15) is 5.10 Å². The number of amides is 1. The van der Waals surface area contributed by atoms with Crippen molar-refractivity contribution in [3.63, 3.8) is 0 Å². The van der Waals surface area contributed by atoms with E-state index in [-0.39, 0.29) is 5.91 Å². The average molecular weight is 541 g/mol. The molecule has 4 rings (SSSR count). The summed E-state index contributed by atoms with van der Waals surface area (Å²) < 4.78 is 9.63. The number of carbonyl (C=O) groups is 1. The van der Waals surface area contributed by atoms with Crippen LogP contribution in [0.2, 0.25) is 0 Å². The number of aromatic nitrogens is 2. The molecule has 7 heteroatoms. The monoisotopic (exact) mass is 539 g/mol. The van der Waals surface area contributed by atoms with Gasteiger partial charge in [-0.3, -0.25) is 9.48 Å². The van der Waals surface area contributed by atoms with Crippen LogP contribution in [0, 0.1) is 0 Å². The zero-order valence-corrected chi connectivity index (χ0v) is 19.6. The molecule has 0 fully saturated rings. The predicted molar refractivity (Wildman–Crippen MR) is 128 cm³/mol. The van der Waals surface area contributed by atoms with Gasteiger partial charge in [0.15, 0.2) is 0 Å². The Morgan fingerprint density at radius 3 is 2.39 bits per heavy atom. The third-order valence-electron chi connectivity index (χ3n) is 4.56. The lowest BCUT2D eigenvalue weighted by atomic mass is 10.1. The molecular formula is C24H19Br2N3O2. The fourth-order valence-corrected chi connectivity index (χ4v) is 3.52. The summed E-state index contributed by atoms with van der Waals surface area (Å²) in [6, 6.07) is 23.1. The summed E-state index contributed by atoms with van der Waals surface area (Å²) in [4.78, 5) is 12.7. The van der Waals surface area contributed by atoms with Gasteiger partial charge >= 0.3 is 0 Å². The Kier molecular flexibility index (Phi) is 6.84. The maximum atomic E-state index is 12.7. The van der Waals surface area contributed by atoms with Crippen molar-refractivity contribution in [3.05, 3.63) is 111 Å². The Hall–Kier alpha value is -2.90. The molecule has 0 saturated carbocycles. The molecule has 0 aliphatic carbocycles. The summed E-state index contributed by atoms with van der Waals surface area (Å²) in [5.74, 6) is 0.588. The van der Waals surface area contributed by atoms with Crippen molar-refractivity contribution >= 4 is 43.5 Å². The molecule has 156 valence electrons. The third kappa shape index (κ3) is 6.06. The van der Waals surface area contributed by atoms with Crippen LogP contribution in [0.25, 0.3) is 0 Å². The highest BCUT2D eigenvalue weighted by atomic mass is 79.9. The van der Waals surface area contributed by atoms with Crippen molar-refractivity contribution in [2.45, 2.75) is 13.2 Å². The number of nitrogens with zero attached hydrogens (tertiary/aromatic N) is 2. The van der Waals surface area contributed by atoms with E-state index in [0.29, 0.717) is 24.4 Å². The van der Waals surface area contributed by atoms with Crippen molar-refractivity contribution in [1.82, 2.24) is 9.78 Å². The minimum atomic E-state index is -0.186. The lowest BCUT2D eigenvalue weighted by molar-refractivity contribution is 0.102. The van der Waals surface area contributed by atoms with E-state index in [2.05, 4.69) is 42.3 Å². The van der Waals surface area contributed by atoms with Crippen LogP contribution in [0.4, 0.5) is 5.69 Å². The Labute approximate surface area is 197 Å². The standard InChI is InChI=1S/C24H19Br2N3O2/c25-20-6-4-17(5-7-20)14-29-15-22(13-27-29)28-24(30)19-3-1-2-18(12-19)16-31-23-10-8-21(26)9-11-23/h1-13,15H,14,16H2,(H,28,30). The summed E-state index contributed by atoms with van der Waals surface area (Å²) in [7, 11) is 0. The maximum absolute atomic E-state index is 12.7. The number of nitrogens with one attached hydrogen (secondary N) is 1. The zero-order chi connectivity index (χ0) is 21.6. The quantitative estimate of drug-likeness (QED) is 0.300. The molecule has 0 aliphatic rings. The molecular weight excluding hydrogens is 522 g/mol. The molecule has 4 aromatic rings. The number of rotatable bonds is 7. The number of hydrogen-bond donors (Lipinski definition) is 1. The molecule has 0 bridgehead atoms. The first-order valence-corrected chi connectivity index (χ1v) is 11.2. The zero-order valence-electron chi connectivity index (χ0n) is 16.5. The molecule has 0 saturated heterocycles. The van der Waals surface area contributed by atoms with Crippen LogP contribution >= 0.6 is 31.9 Å². The topological polar surface area (TPSA) is 56.2 Å². The highest BCUT2D eigenvalue weighted by Gasteiger charge is 2.09. The van der Waals surface area contributed by atoms with E-state index in [1.54, 1.807) is 16.9 Å². The highest BCUT2D eigenvalue weighted by molar-refractivity contribution is 9.10. The van der Waals surface area contributed by atoms with Crippen LogP contribution in [0.15, 0.2) is 94.1 Å². The first-order valence-electron chi connectivity index (χ1n) is 9.61. The van der Waals surface area contributed by atoms with Crippen LogP contribution in [0.3, 0.4) is 0 Å². The number of hydrogen-bond acceptors (Lipinski definition) is 3. The van der Waals surface area contributed by atoms with E-state index in [1.165, 1.54) is 0 Å². The van der Waals surface area contributed by atoms with Gasteiger partial charge in [-0.1, -0.05) is 56.1 Å². The molecule has 0 atom stereocenters. The van der Waals surface area contributed by atoms with Crippen LogP contribution in [0.5, 0.6) is 5.75 Å². The van der Waals surface area contributed by atoms with Gasteiger partial charge < -0.3 is 10.1 Å². The van der Waals surface area contributed by atoms with Gasteiger partial charge in [0.1, 0.15) is 12.4 Å². The van der Waals surface area contributed by atoms with Gasteiger partial charge in [-0.25, -0.2) is 0 Å². The van der Waals surface area contributed by atoms with Gasteiger partial charge in [-0.05, 0) is 59.7 Å². The SMILES string of the molecule is O=C(Nc1cnn(Cc2ccc(Br)cc2)c1)c1cccc(COc2ccc(Br)cc2)c1. The molecule has 1 aromatic heterocycles. The molecule has 0 unspecified atom stereocenters. The van der Waals surface area contributed by atoms with E-state index in [4.69, 9.17) is 4.74 Å². The minimum Gasteiger partial charge on any atom is -0.489 e. The fourth-order valence-electron chi connectivity index (χ4n) is 2.99. The predicted octanol–water partition coefficient (Wildman–Crippen LogP) is 6.29. The van der Waals surface area contributed by atoms with E-state index in [1.807, 2.05) is 72.9 Å². The second kappa shape index (κ2) is 9.94. The second-order valence-electron chi connectivity index (χ2n) is 6.95. The van der Waals surface area contributed by atoms with Gasteiger partial charge in [0.25, 0.3) is 5.91 Å². The number of benzene rings is 3. The normalized spacial score (nSPS) is 10.6. The molecule has 1 N–H and O–H groups in total. The van der Waals surface area contributed by atoms with Crippen molar-refractivity contribution in [2.75, 3.05) is 5.32 Å². The van der Waals surface area contributed by atoms with E-state index < -0.39 is 0 Å². The van der Waals surface area contributed by atoms with Gasteiger partial charge in [0.05, 0.1) is 18.4 Å². The molecule has 0 aliphatic heterocycles. The molecule has 1 amide bonds. The second-order valence-corrected chi connectivity index (χ2v) is 8.78. The molecule has 31 heavy (non-hydrogen) atoms. The van der Waals surface area contributed by atoms with Gasteiger partial charge in [-0.15, -0.1) is 0 Å². The van der Waals surface area contributed by atoms with Crippen LogP contribution in [0.1, 0.15) is 21.5 Å². The van der Waals surface area contributed by atoms with Crippen molar-refractivity contribution in [2.24, 2.45) is 0 Å². The van der Waals surface area contributed by atoms with Gasteiger partial charge in [0, 0.05) is 20.7 Å². The summed E-state index contributed by atoms with van der Waals surface area (Å²) in [5, 5.41) is 7.24. The molecule has 0 radical (unpaired) electrons. The fraction of sp³-hybridized carbons (Fsp3) is 0.0833. The maximum Gasteiger partial charge on any atom is 0.255 e. The lowest BCUT2D eigenvalue weighted by Crippen LogP contribution is -2.12. The summed E-state index contributed by atoms with van der Waals surface area (Å²) in [6.07, 6.45) is 3.47. The average Bonchev–Trinajstić information content (AvgIpc) is 3.22. The molecule has 5 nitrogen and oxygen atoms in total.